The predicted octanol–water partition coefficient (Wildman–Crippen LogP) is 2.88. The van der Waals surface area contributed by atoms with Gasteiger partial charge in [-0.1, -0.05) is 11.6 Å². The molecular weight excluding hydrogens is 257 g/mol. The van der Waals surface area contributed by atoms with Crippen LogP contribution in [0.4, 0.5) is 4.39 Å². The van der Waals surface area contributed by atoms with E-state index in [1.807, 2.05) is 6.92 Å². The first-order valence-corrected chi connectivity index (χ1v) is 6.21. The van der Waals surface area contributed by atoms with Gasteiger partial charge < -0.3 is 15.2 Å². The minimum absolute atomic E-state index is 0.0428. The van der Waals surface area contributed by atoms with Crippen LogP contribution in [0.15, 0.2) is 6.07 Å². The van der Waals surface area contributed by atoms with Crippen LogP contribution in [0.5, 0.6) is 11.5 Å². The topological polar surface area (TPSA) is 44.5 Å². The summed E-state index contributed by atoms with van der Waals surface area (Å²) >= 11 is 6.00. The SMILES string of the molecule is COc1cc(C2(C(C)N)CC2)c(F)c(Cl)c1OC. The summed E-state index contributed by atoms with van der Waals surface area (Å²) in [5.41, 5.74) is 6.18. The van der Waals surface area contributed by atoms with Crippen molar-refractivity contribution in [3.63, 3.8) is 0 Å². The number of rotatable bonds is 4. The van der Waals surface area contributed by atoms with Crippen molar-refractivity contribution in [3.05, 3.63) is 22.5 Å². The maximum absolute atomic E-state index is 14.3. The number of benzene rings is 1. The average Bonchev–Trinajstić information content (AvgIpc) is 3.13. The van der Waals surface area contributed by atoms with Crippen molar-refractivity contribution >= 4 is 11.6 Å². The van der Waals surface area contributed by atoms with Crippen molar-refractivity contribution < 1.29 is 13.9 Å². The Morgan fingerprint density at radius 2 is 2.00 bits per heavy atom. The highest BCUT2D eigenvalue weighted by molar-refractivity contribution is 6.32. The molecule has 0 heterocycles. The number of methoxy groups -OCH3 is 2. The van der Waals surface area contributed by atoms with Gasteiger partial charge in [-0.25, -0.2) is 4.39 Å². The molecule has 0 bridgehead atoms. The molecule has 0 amide bonds. The molecule has 100 valence electrons. The minimum Gasteiger partial charge on any atom is -0.493 e. The Balaban J connectivity index is 2.60. The fourth-order valence-corrected chi connectivity index (χ4v) is 2.67. The van der Waals surface area contributed by atoms with E-state index in [9.17, 15) is 4.39 Å². The third-order valence-electron chi connectivity index (χ3n) is 3.75. The number of hydrogen-bond donors (Lipinski definition) is 1. The average molecular weight is 274 g/mol. The summed E-state index contributed by atoms with van der Waals surface area (Å²) in [5.74, 6) is 0.204. The summed E-state index contributed by atoms with van der Waals surface area (Å²) in [4.78, 5) is 0. The van der Waals surface area contributed by atoms with Crippen molar-refractivity contribution in [2.45, 2.75) is 31.2 Å². The van der Waals surface area contributed by atoms with E-state index in [0.717, 1.165) is 12.8 Å². The Kier molecular flexibility index (Phi) is 3.43. The largest absolute Gasteiger partial charge is 0.493 e. The molecular formula is C13H17ClFNO2. The van der Waals surface area contributed by atoms with Gasteiger partial charge in [-0.15, -0.1) is 0 Å². The van der Waals surface area contributed by atoms with E-state index in [1.54, 1.807) is 6.07 Å². The Morgan fingerprint density at radius 3 is 2.39 bits per heavy atom. The Bertz CT molecular complexity index is 473. The maximum Gasteiger partial charge on any atom is 0.182 e. The van der Waals surface area contributed by atoms with E-state index in [1.165, 1.54) is 14.2 Å². The van der Waals surface area contributed by atoms with Crippen molar-refractivity contribution in [3.8, 4) is 11.5 Å². The molecule has 2 rings (SSSR count). The molecule has 1 atom stereocenters. The van der Waals surface area contributed by atoms with Crippen LogP contribution in [-0.4, -0.2) is 20.3 Å². The normalized spacial score (nSPS) is 18.3. The molecule has 0 saturated heterocycles. The summed E-state index contributed by atoms with van der Waals surface area (Å²) in [5, 5.41) is -0.0428. The Labute approximate surface area is 111 Å². The lowest BCUT2D eigenvalue weighted by Gasteiger charge is -2.23. The van der Waals surface area contributed by atoms with Crippen molar-refractivity contribution in [2.24, 2.45) is 5.73 Å². The molecule has 1 aromatic carbocycles. The van der Waals surface area contributed by atoms with Gasteiger partial charge in [0, 0.05) is 17.0 Å². The molecule has 5 heteroatoms. The highest BCUT2D eigenvalue weighted by Gasteiger charge is 2.50. The second-order valence-corrected chi connectivity index (χ2v) is 5.11. The molecule has 1 aromatic rings. The first-order chi connectivity index (χ1) is 8.47. The predicted molar refractivity (Wildman–Crippen MR) is 69.1 cm³/mol. The van der Waals surface area contributed by atoms with Gasteiger partial charge >= 0.3 is 0 Å². The molecule has 0 spiro atoms. The van der Waals surface area contributed by atoms with Crippen LogP contribution in [0.2, 0.25) is 5.02 Å². The molecule has 0 aromatic heterocycles. The van der Waals surface area contributed by atoms with Crippen LogP contribution in [0, 0.1) is 5.82 Å². The van der Waals surface area contributed by atoms with E-state index < -0.39 is 5.82 Å². The molecule has 0 aliphatic heterocycles. The molecule has 18 heavy (non-hydrogen) atoms. The van der Waals surface area contributed by atoms with Crippen molar-refractivity contribution in [1.29, 1.82) is 0 Å². The third kappa shape index (κ3) is 1.84. The third-order valence-corrected chi connectivity index (χ3v) is 4.09. The molecule has 2 N–H and O–H groups in total. The second kappa shape index (κ2) is 4.59. The molecule has 1 unspecified atom stereocenters. The summed E-state index contributed by atoms with van der Waals surface area (Å²) in [7, 11) is 2.93. The van der Waals surface area contributed by atoms with Crippen molar-refractivity contribution in [1.82, 2.24) is 0 Å². The van der Waals surface area contributed by atoms with E-state index in [2.05, 4.69) is 0 Å². The summed E-state index contributed by atoms with van der Waals surface area (Å²) in [6, 6.07) is 1.53. The number of nitrogens with two attached hydrogens (primary N) is 1. The maximum atomic E-state index is 14.3. The Hall–Kier alpha value is -1.00. The zero-order valence-electron chi connectivity index (χ0n) is 10.7. The number of ether oxygens (including phenoxy) is 2. The highest BCUT2D eigenvalue weighted by atomic mass is 35.5. The molecule has 0 radical (unpaired) electrons. The van der Waals surface area contributed by atoms with Crippen LogP contribution in [0.3, 0.4) is 0 Å². The van der Waals surface area contributed by atoms with Gasteiger partial charge in [0.15, 0.2) is 11.5 Å². The summed E-state index contributed by atoms with van der Waals surface area (Å²) in [6.07, 6.45) is 1.74. The minimum atomic E-state index is -0.455. The van der Waals surface area contributed by atoms with E-state index in [0.29, 0.717) is 11.3 Å². The highest BCUT2D eigenvalue weighted by Crippen LogP contribution is 2.54. The lowest BCUT2D eigenvalue weighted by Crippen LogP contribution is -2.32. The van der Waals surface area contributed by atoms with Gasteiger partial charge in [-0.3, -0.25) is 0 Å². The fraction of sp³-hybridized carbons (Fsp3) is 0.538. The smallest absolute Gasteiger partial charge is 0.182 e. The standard InChI is InChI=1S/C13H17ClFNO2/c1-7(16)13(4-5-13)8-6-9(17-2)12(18-3)10(14)11(8)15/h6-7H,4-5,16H2,1-3H3. The molecule has 1 fully saturated rings. The monoisotopic (exact) mass is 273 g/mol. The zero-order chi connectivity index (χ0) is 13.5. The first kappa shape index (κ1) is 13.4. The quantitative estimate of drug-likeness (QED) is 0.917. The lowest BCUT2D eigenvalue weighted by molar-refractivity contribution is 0.350. The van der Waals surface area contributed by atoms with E-state index >= 15 is 0 Å². The molecule has 1 aliphatic carbocycles. The van der Waals surface area contributed by atoms with Gasteiger partial charge in [-0.05, 0) is 25.8 Å². The molecule has 1 saturated carbocycles. The van der Waals surface area contributed by atoms with Gasteiger partial charge in [0.25, 0.3) is 0 Å². The first-order valence-electron chi connectivity index (χ1n) is 5.84. The molecule has 3 nitrogen and oxygen atoms in total. The van der Waals surface area contributed by atoms with E-state index in [4.69, 9.17) is 26.8 Å². The van der Waals surface area contributed by atoms with Crippen LogP contribution >= 0.6 is 11.6 Å². The van der Waals surface area contributed by atoms with Crippen LogP contribution < -0.4 is 15.2 Å². The second-order valence-electron chi connectivity index (χ2n) is 4.73. The van der Waals surface area contributed by atoms with Gasteiger partial charge in [0.1, 0.15) is 10.8 Å². The van der Waals surface area contributed by atoms with Crippen LogP contribution in [0.1, 0.15) is 25.3 Å². The van der Waals surface area contributed by atoms with Crippen LogP contribution in [0.25, 0.3) is 0 Å². The Morgan fingerprint density at radius 1 is 1.39 bits per heavy atom. The zero-order valence-corrected chi connectivity index (χ0v) is 11.5. The fourth-order valence-electron chi connectivity index (χ4n) is 2.39. The van der Waals surface area contributed by atoms with Gasteiger partial charge in [0.05, 0.1) is 14.2 Å². The van der Waals surface area contributed by atoms with E-state index in [-0.39, 0.29) is 22.2 Å². The number of hydrogen-bond acceptors (Lipinski definition) is 3. The summed E-state index contributed by atoms with van der Waals surface area (Å²) in [6.45, 7) is 1.89. The number of halogens is 2. The van der Waals surface area contributed by atoms with Crippen molar-refractivity contribution in [2.75, 3.05) is 14.2 Å². The van der Waals surface area contributed by atoms with Gasteiger partial charge in [-0.2, -0.15) is 0 Å². The lowest BCUT2D eigenvalue weighted by atomic mass is 9.88. The van der Waals surface area contributed by atoms with Crippen LogP contribution in [-0.2, 0) is 5.41 Å². The summed E-state index contributed by atoms with van der Waals surface area (Å²) < 4.78 is 24.6. The molecule has 1 aliphatic rings. The van der Waals surface area contributed by atoms with Gasteiger partial charge in [0.2, 0.25) is 0 Å².